The average Bonchev–Trinajstić information content (AvgIpc) is 2.13. The van der Waals surface area contributed by atoms with Crippen LogP contribution in [-0.2, 0) is 9.53 Å². The highest BCUT2D eigenvalue weighted by molar-refractivity contribution is 5.66. The Bertz CT molecular complexity index is 311. The van der Waals surface area contributed by atoms with Crippen LogP contribution in [0.15, 0.2) is 0 Å². The highest BCUT2D eigenvalue weighted by atomic mass is 16.5. The highest BCUT2D eigenvalue weighted by Crippen LogP contribution is 2.51. The van der Waals surface area contributed by atoms with E-state index in [0.717, 1.165) is 19.3 Å². The van der Waals surface area contributed by atoms with E-state index >= 15 is 0 Å². The van der Waals surface area contributed by atoms with Crippen LogP contribution >= 0.6 is 0 Å². The van der Waals surface area contributed by atoms with Crippen LogP contribution in [0.5, 0.6) is 0 Å². The summed E-state index contributed by atoms with van der Waals surface area (Å²) in [4.78, 5) is 11.1. The lowest BCUT2D eigenvalue weighted by atomic mass is 9.62. The Hall–Kier alpha value is -0.610. The molecule has 0 aromatic heterocycles. The van der Waals surface area contributed by atoms with Crippen LogP contribution in [0.3, 0.4) is 0 Å². The SMILES string of the molecule is CC(=O)OC1CC2(C)CCC1C(C)(C)N2O. The molecule has 0 spiro atoms. The van der Waals surface area contributed by atoms with Gasteiger partial charge in [-0.15, -0.1) is 0 Å². The molecule has 3 unspecified atom stereocenters. The Morgan fingerprint density at radius 3 is 2.56 bits per heavy atom. The smallest absolute Gasteiger partial charge is 0.302 e. The Morgan fingerprint density at radius 2 is 2.06 bits per heavy atom. The van der Waals surface area contributed by atoms with E-state index < -0.39 is 0 Å². The minimum Gasteiger partial charge on any atom is -0.462 e. The molecule has 4 heteroatoms. The first-order chi connectivity index (χ1) is 7.27. The molecule has 3 atom stereocenters. The monoisotopic (exact) mass is 227 g/mol. The summed E-state index contributed by atoms with van der Waals surface area (Å²) in [5, 5.41) is 11.7. The molecule has 3 aliphatic rings. The van der Waals surface area contributed by atoms with Crippen molar-refractivity contribution in [1.82, 2.24) is 5.06 Å². The number of hydrogen-bond donors (Lipinski definition) is 1. The van der Waals surface area contributed by atoms with Gasteiger partial charge in [0.05, 0.1) is 0 Å². The summed E-state index contributed by atoms with van der Waals surface area (Å²) < 4.78 is 5.40. The first-order valence-electron chi connectivity index (χ1n) is 5.94. The number of ether oxygens (including phenoxy) is 1. The van der Waals surface area contributed by atoms with E-state index in [-0.39, 0.29) is 29.1 Å². The zero-order chi connectivity index (χ0) is 12.1. The number of fused-ring (bicyclic) bond motifs is 3. The van der Waals surface area contributed by atoms with Crippen molar-refractivity contribution in [2.75, 3.05) is 0 Å². The van der Waals surface area contributed by atoms with Gasteiger partial charge in [0.1, 0.15) is 6.10 Å². The van der Waals surface area contributed by atoms with Crippen molar-refractivity contribution in [3.63, 3.8) is 0 Å². The molecule has 3 fully saturated rings. The summed E-state index contributed by atoms with van der Waals surface area (Å²) in [6.07, 6.45) is 2.67. The molecule has 2 heterocycles. The number of rotatable bonds is 1. The van der Waals surface area contributed by atoms with Gasteiger partial charge in [0.15, 0.2) is 0 Å². The standard InChI is InChI=1S/C12H21NO3/c1-8(14)16-10-7-12(4)6-5-9(10)11(2,3)13(12)15/h9-10,15H,5-7H2,1-4H3. The summed E-state index contributed by atoms with van der Waals surface area (Å²) in [5.41, 5.74) is -0.566. The fraction of sp³-hybridized carbons (Fsp3) is 0.917. The molecule has 92 valence electrons. The Balaban J connectivity index is 2.26. The highest BCUT2D eigenvalue weighted by Gasteiger charge is 2.58. The van der Waals surface area contributed by atoms with Gasteiger partial charge < -0.3 is 9.94 Å². The van der Waals surface area contributed by atoms with Gasteiger partial charge in [-0.05, 0) is 33.6 Å². The van der Waals surface area contributed by atoms with Gasteiger partial charge in [-0.2, -0.15) is 5.06 Å². The number of hydroxylamine groups is 2. The van der Waals surface area contributed by atoms with Crippen LogP contribution in [-0.4, -0.2) is 33.4 Å². The third kappa shape index (κ3) is 1.55. The van der Waals surface area contributed by atoms with Gasteiger partial charge in [0, 0.05) is 30.3 Å². The molecule has 0 aromatic carbocycles. The van der Waals surface area contributed by atoms with Crippen LogP contribution in [0.4, 0.5) is 0 Å². The molecule has 2 bridgehead atoms. The summed E-state index contributed by atoms with van der Waals surface area (Å²) >= 11 is 0. The lowest BCUT2D eigenvalue weighted by Gasteiger charge is -2.61. The third-order valence-corrected chi connectivity index (χ3v) is 4.37. The molecule has 2 saturated heterocycles. The van der Waals surface area contributed by atoms with Crippen LogP contribution in [0.1, 0.15) is 47.0 Å². The molecule has 1 aliphatic carbocycles. The third-order valence-electron chi connectivity index (χ3n) is 4.37. The molecule has 4 nitrogen and oxygen atoms in total. The lowest BCUT2D eigenvalue weighted by Crippen LogP contribution is -2.70. The number of piperidine rings is 2. The summed E-state index contributed by atoms with van der Waals surface area (Å²) in [7, 11) is 0. The summed E-state index contributed by atoms with van der Waals surface area (Å²) in [5.74, 6) is 0.00432. The molecule has 1 N–H and O–H groups in total. The van der Waals surface area contributed by atoms with E-state index in [2.05, 4.69) is 0 Å². The van der Waals surface area contributed by atoms with Crippen LogP contribution in [0, 0.1) is 5.92 Å². The number of carbonyl (C=O) groups is 1. The minimum atomic E-state index is -0.314. The van der Waals surface area contributed by atoms with E-state index in [1.165, 1.54) is 12.0 Å². The Kier molecular flexibility index (Phi) is 2.55. The fourth-order valence-corrected chi connectivity index (χ4v) is 3.52. The van der Waals surface area contributed by atoms with E-state index in [9.17, 15) is 10.0 Å². The predicted molar refractivity (Wildman–Crippen MR) is 59.0 cm³/mol. The maximum atomic E-state index is 11.1. The van der Waals surface area contributed by atoms with Gasteiger partial charge in [-0.1, -0.05) is 0 Å². The molecule has 16 heavy (non-hydrogen) atoms. The van der Waals surface area contributed by atoms with Gasteiger partial charge in [0.25, 0.3) is 0 Å². The van der Waals surface area contributed by atoms with Crippen molar-refractivity contribution in [1.29, 1.82) is 0 Å². The van der Waals surface area contributed by atoms with E-state index in [1.54, 1.807) is 0 Å². The second kappa shape index (κ2) is 3.44. The van der Waals surface area contributed by atoms with Crippen LogP contribution in [0.2, 0.25) is 0 Å². The van der Waals surface area contributed by atoms with Gasteiger partial charge in [0.2, 0.25) is 0 Å². The second-order valence-electron chi connectivity index (χ2n) is 5.96. The number of hydrogen-bond acceptors (Lipinski definition) is 4. The minimum absolute atomic E-state index is 0.0466. The number of esters is 1. The zero-order valence-corrected chi connectivity index (χ0v) is 10.5. The summed E-state index contributed by atoms with van der Waals surface area (Å²) in [6, 6.07) is 0. The quantitative estimate of drug-likeness (QED) is 0.696. The topological polar surface area (TPSA) is 49.8 Å². The lowest BCUT2D eigenvalue weighted by molar-refractivity contribution is -0.308. The molecule has 0 amide bonds. The Labute approximate surface area is 96.5 Å². The summed E-state index contributed by atoms with van der Waals surface area (Å²) in [6.45, 7) is 7.53. The maximum absolute atomic E-state index is 11.1. The predicted octanol–water partition coefficient (Wildman–Crippen LogP) is 1.96. The van der Waals surface area contributed by atoms with Crippen molar-refractivity contribution in [3.8, 4) is 0 Å². The second-order valence-corrected chi connectivity index (χ2v) is 5.96. The fourth-order valence-electron chi connectivity index (χ4n) is 3.52. The average molecular weight is 227 g/mol. The molecular formula is C12H21NO3. The molecular weight excluding hydrogens is 206 g/mol. The van der Waals surface area contributed by atoms with E-state index in [1.807, 2.05) is 20.8 Å². The van der Waals surface area contributed by atoms with Crippen LogP contribution < -0.4 is 0 Å². The van der Waals surface area contributed by atoms with Gasteiger partial charge in [-0.25, -0.2) is 0 Å². The van der Waals surface area contributed by atoms with Crippen LogP contribution in [0.25, 0.3) is 0 Å². The molecule has 0 radical (unpaired) electrons. The Morgan fingerprint density at radius 1 is 1.44 bits per heavy atom. The molecule has 2 aliphatic heterocycles. The largest absolute Gasteiger partial charge is 0.462 e. The first-order valence-corrected chi connectivity index (χ1v) is 5.94. The van der Waals surface area contributed by atoms with Crippen molar-refractivity contribution < 1.29 is 14.7 Å². The molecule has 0 aromatic rings. The van der Waals surface area contributed by atoms with Gasteiger partial charge in [-0.3, -0.25) is 4.79 Å². The van der Waals surface area contributed by atoms with Crippen molar-refractivity contribution >= 4 is 5.97 Å². The maximum Gasteiger partial charge on any atom is 0.302 e. The normalized spacial score (nSPS) is 42.1. The zero-order valence-electron chi connectivity index (χ0n) is 10.5. The van der Waals surface area contributed by atoms with Crippen molar-refractivity contribution in [3.05, 3.63) is 0 Å². The van der Waals surface area contributed by atoms with Crippen molar-refractivity contribution in [2.24, 2.45) is 5.92 Å². The number of nitrogens with zero attached hydrogens (tertiary/aromatic N) is 1. The molecule has 1 saturated carbocycles. The van der Waals surface area contributed by atoms with E-state index in [0.29, 0.717) is 0 Å². The van der Waals surface area contributed by atoms with E-state index in [4.69, 9.17) is 4.74 Å². The van der Waals surface area contributed by atoms with Crippen molar-refractivity contribution in [2.45, 2.75) is 64.1 Å². The first kappa shape index (κ1) is 11.9. The van der Waals surface area contributed by atoms with Gasteiger partial charge >= 0.3 is 5.97 Å². The number of carbonyl (C=O) groups excluding carboxylic acids is 1. The molecule has 3 rings (SSSR count).